The molecule has 2 nitrogen and oxygen atoms in total. The molecule has 0 amide bonds. The lowest BCUT2D eigenvalue weighted by Crippen LogP contribution is -2.51. The summed E-state index contributed by atoms with van der Waals surface area (Å²) in [6.45, 7) is 7.75. The largest absolute Gasteiger partial charge is 0.383 e. The first-order chi connectivity index (χ1) is 8.58. The summed E-state index contributed by atoms with van der Waals surface area (Å²) in [5.41, 5.74) is 2.76. The molecular weight excluding hydrogens is 222 g/mol. The fourth-order valence-electron chi connectivity index (χ4n) is 4.07. The molecule has 0 radical (unpaired) electrons. The number of nitrogens with one attached hydrogen (secondary N) is 1. The molecule has 2 aliphatic rings. The van der Waals surface area contributed by atoms with Gasteiger partial charge in [0.2, 0.25) is 0 Å². The number of ether oxygens (including phenoxy) is 1. The van der Waals surface area contributed by atoms with Gasteiger partial charge >= 0.3 is 0 Å². The molecule has 0 aromatic rings. The SMILES string of the molecule is COCCNCC1(C2=CCCCC2)CC(C)(C)C1. The van der Waals surface area contributed by atoms with Crippen LogP contribution in [0.2, 0.25) is 0 Å². The standard InChI is InChI=1S/C16H29NO/c1-15(2)11-16(12-15,13-17-9-10-18-3)14-7-5-4-6-8-14/h7,17H,4-6,8-13H2,1-3H3. The van der Waals surface area contributed by atoms with Gasteiger partial charge < -0.3 is 10.1 Å². The third-order valence-corrected chi connectivity index (χ3v) is 4.55. The molecule has 1 N–H and O–H groups in total. The smallest absolute Gasteiger partial charge is 0.0587 e. The van der Waals surface area contributed by atoms with E-state index in [2.05, 4.69) is 25.2 Å². The maximum Gasteiger partial charge on any atom is 0.0587 e. The molecule has 1 saturated carbocycles. The summed E-state index contributed by atoms with van der Waals surface area (Å²) in [5.74, 6) is 0. The number of rotatable bonds is 6. The summed E-state index contributed by atoms with van der Waals surface area (Å²) >= 11 is 0. The molecule has 0 aliphatic heterocycles. The van der Waals surface area contributed by atoms with Gasteiger partial charge in [0.15, 0.2) is 0 Å². The molecule has 1 fully saturated rings. The van der Waals surface area contributed by atoms with Crippen molar-refractivity contribution in [1.29, 1.82) is 0 Å². The van der Waals surface area contributed by atoms with Crippen molar-refractivity contribution in [3.05, 3.63) is 11.6 Å². The van der Waals surface area contributed by atoms with Gasteiger partial charge in [-0.15, -0.1) is 0 Å². The van der Waals surface area contributed by atoms with E-state index in [1.54, 1.807) is 12.7 Å². The fourth-order valence-corrected chi connectivity index (χ4v) is 4.07. The number of hydrogen-bond donors (Lipinski definition) is 1. The van der Waals surface area contributed by atoms with Crippen molar-refractivity contribution in [3.8, 4) is 0 Å². The summed E-state index contributed by atoms with van der Waals surface area (Å²) in [5, 5.41) is 3.60. The highest BCUT2D eigenvalue weighted by atomic mass is 16.5. The Hall–Kier alpha value is -0.340. The zero-order chi connectivity index (χ0) is 13.1. The number of hydrogen-bond acceptors (Lipinski definition) is 2. The first kappa shape index (κ1) is 14.1. The summed E-state index contributed by atoms with van der Waals surface area (Å²) in [7, 11) is 1.77. The summed E-state index contributed by atoms with van der Waals surface area (Å²) in [4.78, 5) is 0. The van der Waals surface area contributed by atoms with E-state index in [1.807, 2.05) is 0 Å². The molecule has 0 aromatic heterocycles. The molecule has 0 bridgehead atoms. The Morgan fingerprint density at radius 2 is 2.06 bits per heavy atom. The monoisotopic (exact) mass is 251 g/mol. The molecule has 0 aromatic carbocycles. The zero-order valence-electron chi connectivity index (χ0n) is 12.3. The van der Waals surface area contributed by atoms with E-state index in [-0.39, 0.29) is 0 Å². The molecular formula is C16H29NO. The van der Waals surface area contributed by atoms with Gasteiger partial charge in [0.1, 0.15) is 0 Å². The van der Waals surface area contributed by atoms with E-state index in [0.717, 1.165) is 19.7 Å². The molecule has 2 heteroatoms. The van der Waals surface area contributed by atoms with Gasteiger partial charge in [0, 0.05) is 25.6 Å². The molecule has 0 spiro atoms. The maximum absolute atomic E-state index is 5.12. The second kappa shape index (κ2) is 5.75. The maximum atomic E-state index is 5.12. The topological polar surface area (TPSA) is 21.3 Å². The van der Waals surface area contributed by atoms with E-state index in [1.165, 1.54) is 38.5 Å². The lowest BCUT2D eigenvalue weighted by Gasteiger charge is -2.55. The predicted molar refractivity (Wildman–Crippen MR) is 76.7 cm³/mol. The van der Waals surface area contributed by atoms with Gasteiger partial charge in [-0.25, -0.2) is 0 Å². The minimum absolute atomic E-state index is 0.470. The van der Waals surface area contributed by atoms with E-state index >= 15 is 0 Å². The summed E-state index contributed by atoms with van der Waals surface area (Å²) in [6.07, 6.45) is 10.7. The third kappa shape index (κ3) is 3.16. The Kier molecular flexibility index (Phi) is 4.50. The van der Waals surface area contributed by atoms with Crippen molar-refractivity contribution >= 4 is 0 Å². The molecule has 0 unspecified atom stereocenters. The fraction of sp³-hybridized carbons (Fsp3) is 0.875. The predicted octanol–water partition coefficient (Wildman–Crippen LogP) is 3.53. The Bertz CT molecular complexity index is 298. The Morgan fingerprint density at radius 1 is 1.28 bits per heavy atom. The highest BCUT2D eigenvalue weighted by Gasteiger charge is 2.50. The van der Waals surface area contributed by atoms with E-state index in [0.29, 0.717) is 10.8 Å². The second-order valence-electron chi connectivity index (χ2n) is 6.94. The van der Waals surface area contributed by atoms with Crippen LogP contribution in [0.5, 0.6) is 0 Å². The molecule has 0 heterocycles. The van der Waals surface area contributed by atoms with Crippen LogP contribution in [0.4, 0.5) is 0 Å². The quantitative estimate of drug-likeness (QED) is 0.576. The third-order valence-electron chi connectivity index (χ3n) is 4.55. The molecule has 0 atom stereocenters. The van der Waals surface area contributed by atoms with Crippen LogP contribution >= 0.6 is 0 Å². The normalized spacial score (nSPS) is 25.4. The Labute approximate surface area is 112 Å². The minimum atomic E-state index is 0.470. The minimum Gasteiger partial charge on any atom is -0.383 e. The van der Waals surface area contributed by atoms with Crippen molar-refractivity contribution in [3.63, 3.8) is 0 Å². The Balaban J connectivity index is 1.94. The van der Waals surface area contributed by atoms with Gasteiger partial charge in [-0.3, -0.25) is 0 Å². The van der Waals surface area contributed by atoms with Crippen LogP contribution in [-0.2, 0) is 4.74 Å². The van der Waals surface area contributed by atoms with Gasteiger partial charge in [-0.05, 0) is 43.9 Å². The summed E-state index contributed by atoms with van der Waals surface area (Å²) in [6, 6.07) is 0. The van der Waals surface area contributed by atoms with E-state index < -0.39 is 0 Å². The van der Waals surface area contributed by atoms with E-state index in [4.69, 9.17) is 4.74 Å². The average molecular weight is 251 g/mol. The highest BCUT2D eigenvalue weighted by molar-refractivity contribution is 5.23. The lowest BCUT2D eigenvalue weighted by molar-refractivity contribution is 0.0146. The number of methoxy groups -OCH3 is 1. The van der Waals surface area contributed by atoms with Crippen LogP contribution in [0.25, 0.3) is 0 Å². The molecule has 18 heavy (non-hydrogen) atoms. The van der Waals surface area contributed by atoms with Crippen molar-refractivity contribution < 1.29 is 4.74 Å². The first-order valence-electron chi connectivity index (χ1n) is 7.47. The molecule has 2 aliphatic carbocycles. The van der Waals surface area contributed by atoms with Crippen LogP contribution in [-0.4, -0.2) is 26.8 Å². The van der Waals surface area contributed by atoms with E-state index in [9.17, 15) is 0 Å². The number of allylic oxidation sites excluding steroid dienone is 1. The van der Waals surface area contributed by atoms with Gasteiger partial charge in [-0.2, -0.15) is 0 Å². The van der Waals surface area contributed by atoms with Gasteiger partial charge in [0.05, 0.1) is 6.61 Å². The van der Waals surface area contributed by atoms with Crippen LogP contribution in [0, 0.1) is 10.8 Å². The van der Waals surface area contributed by atoms with Crippen LogP contribution < -0.4 is 5.32 Å². The molecule has 2 rings (SSSR count). The Morgan fingerprint density at radius 3 is 2.61 bits per heavy atom. The van der Waals surface area contributed by atoms with Crippen molar-refractivity contribution in [2.45, 2.75) is 52.4 Å². The second-order valence-corrected chi connectivity index (χ2v) is 6.94. The van der Waals surface area contributed by atoms with Crippen LogP contribution in [0.3, 0.4) is 0 Å². The van der Waals surface area contributed by atoms with Crippen LogP contribution in [0.1, 0.15) is 52.4 Å². The average Bonchev–Trinajstić information content (AvgIpc) is 2.33. The molecule has 104 valence electrons. The van der Waals surface area contributed by atoms with Crippen molar-refractivity contribution in [2.75, 3.05) is 26.8 Å². The summed E-state index contributed by atoms with van der Waals surface area (Å²) < 4.78 is 5.12. The lowest BCUT2D eigenvalue weighted by atomic mass is 9.50. The van der Waals surface area contributed by atoms with Crippen molar-refractivity contribution in [1.82, 2.24) is 5.32 Å². The first-order valence-corrected chi connectivity index (χ1v) is 7.47. The van der Waals surface area contributed by atoms with Crippen LogP contribution in [0.15, 0.2) is 11.6 Å². The zero-order valence-corrected chi connectivity index (χ0v) is 12.3. The van der Waals surface area contributed by atoms with Crippen molar-refractivity contribution in [2.24, 2.45) is 10.8 Å². The van der Waals surface area contributed by atoms with Gasteiger partial charge in [0.25, 0.3) is 0 Å². The van der Waals surface area contributed by atoms with Gasteiger partial charge in [-0.1, -0.05) is 25.5 Å². The molecule has 0 saturated heterocycles. The highest BCUT2D eigenvalue weighted by Crippen LogP contribution is 2.59.